The van der Waals surface area contributed by atoms with Crippen LogP contribution in [0.3, 0.4) is 0 Å². The maximum absolute atomic E-state index is 13.8. The predicted molar refractivity (Wildman–Crippen MR) is 77.5 cm³/mol. The fraction of sp³-hybridized carbons (Fsp3) is 0.556. The molecule has 3 rings (SSSR count). The predicted octanol–water partition coefficient (Wildman–Crippen LogP) is 5.20. The van der Waals surface area contributed by atoms with Crippen LogP contribution in [0.25, 0.3) is 0 Å². The Bertz CT molecular complexity index is 542. The third-order valence-electron chi connectivity index (χ3n) is 5.42. The van der Waals surface area contributed by atoms with E-state index < -0.39 is 17.5 Å². The second kappa shape index (κ2) is 5.86. The van der Waals surface area contributed by atoms with Crippen molar-refractivity contribution >= 4 is 0 Å². The van der Waals surface area contributed by atoms with E-state index in [9.17, 15) is 13.2 Å². The van der Waals surface area contributed by atoms with Gasteiger partial charge in [0.15, 0.2) is 17.5 Å². The number of halogens is 3. The van der Waals surface area contributed by atoms with E-state index in [2.05, 4.69) is 6.58 Å². The van der Waals surface area contributed by atoms with Crippen LogP contribution >= 0.6 is 0 Å². The maximum atomic E-state index is 13.8. The molecule has 0 N–H and O–H groups in total. The highest BCUT2D eigenvalue weighted by Crippen LogP contribution is 2.40. The van der Waals surface area contributed by atoms with E-state index in [1.54, 1.807) is 0 Å². The average Bonchev–Trinajstić information content (AvgIpc) is 2.52. The van der Waals surface area contributed by atoms with E-state index in [0.717, 1.165) is 6.42 Å². The van der Waals surface area contributed by atoms with Crippen molar-refractivity contribution in [3.8, 4) is 0 Å². The molecule has 1 atom stereocenters. The number of rotatable bonds is 2. The molecule has 114 valence electrons. The molecule has 0 nitrogen and oxygen atoms in total. The van der Waals surface area contributed by atoms with Crippen LogP contribution in [0.15, 0.2) is 18.7 Å². The zero-order chi connectivity index (χ0) is 15.0. The number of fused-ring (bicyclic) bond motifs is 1. The average molecular weight is 294 g/mol. The van der Waals surface area contributed by atoms with Crippen molar-refractivity contribution in [2.45, 2.75) is 44.9 Å². The summed E-state index contributed by atoms with van der Waals surface area (Å²) in [5, 5.41) is 0. The Hall–Kier alpha value is -1.25. The lowest BCUT2D eigenvalue weighted by atomic mass is 9.70. The molecule has 1 fully saturated rings. The molecule has 1 aromatic carbocycles. The molecule has 2 aliphatic rings. The third kappa shape index (κ3) is 2.75. The first-order chi connectivity index (χ1) is 10.1. The SMILES string of the molecule is C=CC1CCC(C2CCc3c(cc(F)c(F)c3F)C2)CC1. The van der Waals surface area contributed by atoms with Crippen molar-refractivity contribution in [2.24, 2.45) is 17.8 Å². The largest absolute Gasteiger partial charge is 0.204 e. The second-order valence-corrected chi connectivity index (χ2v) is 6.54. The lowest BCUT2D eigenvalue weighted by molar-refractivity contribution is 0.205. The van der Waals surface area contributed by atoms with Gasteiger partial charge in [0, 0.05) is 0 Å². The minimum atomic E-state index is -1.32. The Labute approximate surface area is 124 Å². The first kappa shape index (κ1) is 14.7. The summed E-state index contributed by atoms with van der Waals surface area (Å²) in [6, 6.07) is 1.20. The van der Waals surface area contributed by atoms with E-state index in [4.69, 9.17) is 0 Å². The lowest BCUT2D eigenvalue weighted by Gasteiger charge is -2.36. The maximum Gasteiger partial charge on any atom is 0.194 e. The molecule has 0 aromatic heterocycles. The van der Waals surface area contributed by atoms with Crippen LogP contribution in [0.4, 0.5) is 13.2 Å². The number of allylic oxidation sites excluding steroid dienone is 1. The van der Waals surface area contributed by atoms with Crippen LogP contribution in [-0.2, 0) is 12.8 Å². The van der Waals surface area contributed by atoms with Gasteiger partial charge in [-0.3, -0.25) is 0 Å². The molecular weight excluding hydrogens is 273 g/mol. The summed E-state index contributed by atoms with van der Waals surface area (Å²) in [5.74, 6) is -1.61. The van der Waals surface area contributed by atoms with Crippen LogP contribution in [-0.4, -0.2) is 0 Å². The molecule has 0 aliphatic heterocycles. The van der Waals surface area contributed by atoms with Crippen molar-refractivity contribution in [3.63, 3.8) is 0 Å². The summed E-state index contributed by atoms with van der Waals surface area (Å²) >= 11 is 0. The summed E-state index contributed by atoms with van der Waals surface area (Å²) < 4.78 is 40.5. The fourth-order valence-corrected chi connectivity index (χ4v) is 4.10. The fourth-order valence-electron chi connectivity index (χ4n) is 4.10. The van der Waals surface area contributed by atoms with Gasteiger partial charge in [-0.1, -0.05) is 6.08 Å². The van der Waals surface area contributed by atoms with Crippen LogP contribution in [0.1, 0.15) is 43.2 Å². The molecule has 21 heavy (non-hydrogen) atoms. The molecule has 0 heterocycles. The lowest BCUT2D eigenvalue weighted by Crippen LogP contribution is -2.27. The van der Waals surface area contributed by atoms with Gasteiger partial charge in [0.25, 0.3) is 0 Å². The van der Waals surface area contributed by atoms with E-state index in [0.29, 0.717) is 41.7 Å². The van der Waals surface area contributed by atoms with Crippen molar-refractivity contribution in [2.75, 3.05) is 0 Å². The monoisotopic (exact) mass is 294 g/mol. The molecule has 2 aliphatic carbocycles. The number of benzene rings is 1. The highest BCUT2D eigenvalue weighted by molar-refractivity contribution is 5.33. The molecule has 0 amide bonds. The Morgan fingerprint density at radius 3 is 2.33 bits per heavy atom. The van der Waals surface area contributed by atoms with Gasteiger partial charge in [0.1, 0.15) is 0 Å². The molecule has 0 saturated heterocycles. The Balaban J connectivity index is 1.75. The molecule has 1 aromatic rings. The first-order valence-corrected chi connectivity index (χ1v) is 7.88. The van der Waals surface area contributed by atoms with Gasteiger partial charge in [-0.2, -0.15) is 0 Å². The molecule has 0 radical (unpaired) electrons. The first-order valence-electron chi connectivity index (χ1n) is 7.88. The topological polar surface area (TPSA) is 0 Å². The summed E-state index contributed by atoms with van der Waals surface area (Å²) in [6.45, 7) is 3.86. The Kier molecular flexibility index (Phi) is 4.10. The smallest absolute Gasteiger partial charge is 0.194 e. The zero-order valence-corrected chi connectivity index (χ0v) is 12.2. The summed E-state index contributed by atoms with van der Waals surface area (Å²) in [4.78, 5) is 0. The molecule has 1 unspecified atom stereocenters. The summed E-state index contributed by atoms with van der Waals surface area (Å²) in [6.07, 6.45) is 8.83. The van der Waals surface area contributed by atoms with Gasteiger partial charge in [-0.25, -0.2) is 13.2 Å². The molecule has 0 spiro atoms. The Morgan fingerprint density at radius 1 is 0.952 bits per heavy atom. The highest BCUT2D eigenvalue weighted by atomic mass is 19.2. The van der Waals surface area contributed by atoms with Gasteiger partial charge in [0.05, 0.1) is 0 Å². The van der Waals surface area contributed by atoms with E-state index >= 15 is 0 Å². The minimum Gasteiger partial charge on any atom is -0.204 e. The quantitative estimate of drug-likeness (QED) is 0.519. The third-order valence-corrected chi connectivity index (χ3v) is 5.42. The molecule has 1 saturated carbocycles. The van der Waals surface area contributed by atoms with E-state index in [1.807, 2.05) is 6.08 Å². The van der Waals surface area contributed by atoms with Crippen molar-refractivity contribution in [1.82, 2.24) is 0 Å². The second-order valence-electron chi connectivity index (χ2n) is 6.54. The van der Waals surface area contributed by atoms with Crippen molar-refractivity contribution in [1.29, 1.82) is 0 Å². The van der Waals surface area contributed by atoms with Gasteiger partial charge < -0.3 is 0 Å². The van der Waals surface area contributed by atoms with Crippen molar-refractivity contribution in [3.05, 3.63) is 47.3 Å². The molecule has 0 bridgehead atoms. The van der Waals surface area contributed by atoms with E-state index in [1.165, 1.54) is 31.7 Å². The zero-order valence-electron chi connectivity index (χ0n) is 12.2. The van der Waals surface area contributed by atoms with Crippen LogP contribution in [0.5, 0.6) is 0 Å². The van der Waals surface area contributed by atoms with Crippen LogP contribution < -0.4 is 0 Å². The van der Waals surface area contributed by atoms with Crippen LogP contribution in [0.2, 0.25) is 0 Å². The number of hydrogen-bond acceptors (Lipinski definition) is 0. The number of hydrogen-bond donors (Lipinski definition) is 0. The molecular formula is C18H21F3. The normalized spacial score (nSPS) is 29.0. The van der Waals surface area contributed by atoms with Gasteiger partial charge in [-0.15, -0.1) is 6.58 Å². The highest BCUT2D eigenvalue weighted by Gasteiger charge is 2.31. The van der Waals surface area contributed by atoms with Gasteiger partial charge in [0.2, 0.25) is 0 Å². The van der Waals surface area contributed by atoms with Crippen molar-refractivity contribution < 1.29 is 13.2 Å². The van der Waals surface area contributed by atoms with E-state index in [-0.39, 0.29) is 0 Å². The summed E-state index contributed by atoms with van der Waals surface area (Å²) in [5.41, 5.74) is 1.07. The molecule has 3 heteroatoms. The standard InChI is InChI=1S/C18H21F3/c1-2-11-3-5-12(6-4-11)13-7-8-15-14(9-13)10-16(19)18(21)17(15)20/h2,10-13H,1,3-9H2. The minimum absolute atomic E-state index is 0.393. The van der Waals surface area contributed by atoms with Crippen LogP contribution in [0, 0.1) is 35.2 Å². The Morgan fingerprint density at radius 2 is 1.67 bits per heavy atom. The van der Waals surface area contributed by atoms with Gasteiger partial charge >= 0.3 is 0 Å². The van der Waals surface area contributed by atoms with Gasteiger partial charge in [-0.05, 0) is 79.9 Å². The summed E-state index contributed by atoms with van der Waals surface area (Å²) in [7, 11) is 0.